The first kappa shape index (κ1) is 14.7. The Labute approximate surface area is 128 Å². The molecule has 1 aromatic rings. The molecule has 2 atom stereocenters. The highest BCUT2D eigenvalue weighted by Gasteiger charge is 2.31. The largest absolute Gasteiger partial charge is 0.344 e. The number of likely N-dealkylation sites (tertiary alicyclic amines) is 1. The average Bonchev–Trinajstić information content (AvgIpc) is 3.20. The van der Waals surface area contributed by atoms with Gasteiger partial charge >= 0.3 is 5.69 Å². The third kappa shape index (κ3) is 3.02. The van der Waals surface area contributed by atoms with Crippen molar-refractivity contribution in [3.8, 4) is 0 Å². The van der Waals surface area contributed by atoms with Gasteiger partial charge in [-0.1, -0.05) is 11.8 Å². The number of hydrogen-bond donors (Lipinski definition) is 1. The average molecular weight is 310 g/mol. The SMILES string of the molecule is C[C@@H]1CCC[C@@H](C)N1C(=O)CSc1n[nH]c(=O)n1C1CC1. The van der Waals surface area contributed by atoms with Crippen molar-refractivity contribution in [1.82, 2.24) is 19.7 Å². The van der Waals surface area contributed by atoms with Crippen LogP contribution >= 0.6 is 11.8 Å². The molecule has 1 amide bonds. The Morgan fingerprint density at radius 2 is 1.95 bits per heavy atom. The van der Waals surface area contributed by atoms with Gasteiger partial charge < -0.3 is 4.90 Å². The first-order chi connectivity index (χ1) is 10.1. The van der Waals surface area contributed by atoms with Crippen molar-refractivity contribution in [2.24, 2.45) is 0 Å². The normalized spacial score (nSPS) is 26.1. The van der Waals surface area contributed by atoms with Crippen LogP contribution in [0.5, 0.6) is 0 Å². The van der Waals surface area contributed by atoms with Gasteiger partial charge in [0.2, 0.25) is 5.91 Å². The molecule has 0 radical (unpaired) electrons. The van der Waals surface area contributed by atoms with Crippen molar-refractivity contribution in [3.63, 3.8) is 0 Å². The molecule has 0 unspecified atom stereocenters. The molecule has 6 nitrogen and oxygen atoms in total. The summed E-state index contributed by atoms with van der Waals surface area (Å²) in [4.78, 5) is 26.2. The van der Waals surface area contributed by atoms with Gasteiger partial charge in [0.25, 0.3) is 0 Å². The number of H-pyrrole nitrogens is 1. The van der Waals surface area contributed by atoms with E-state index in [1.807, 2.05) is 4.90 Å². The summed E-state index contributed by atoms with van der Waals surface area (Å²) in [6, 6.07) is 0.903. The number of piperidine rings is 1. The van der Waals surface area contributed by atoms with E-state index in [4.69, 9.17) is 0 Å². The Hall–Kier alpha value is -1.24. The quantitative estimate of drug-likeness (QED) is 0.861. The van der Waals surface area contributed by atoms with Gasteiger partial charge in [-0.2, -0.15) is 0 Å². The van der Waals surface area contributed by atoms with E-state index in [-0.39, 0.29) is 17.6 Å². The first-order valence-corrected chi connectivity index (χ1v) is 8.67. The summed E-state index contributed by atoms with van der Waals surface area (Å²) >= 11 is 1.37. The van der Waals surface area contributed by atoms with E-state index in [0.717, 1.165) is 25.7 Å². The second-order valence-electron chi connectivity index (χ2n) is 6.13. The molecule has 1 aliphatic carbocycles. The molecule has 21 heavy (non-hydrogen) atoms. The number of rotatable bonds is 4. The molecular weight excluding hydrogens is 288 g/mol. The van der Waals surface area contributed by atoms with Crippen LogP contribution in [0.2, 0.25) is 0 Å². The summed E-state index contributed by atoms with van der Waals surface area (Å²) in [7, 11) is 0. The fraction of sp³-hybridized carbons (Fsp3) is 0.786. The number of carbonyl (C=O) groups is 1. The fourth-order valence-electron chi connectivity index (χ4n) is 3.16. The Bertz CT molecular complexity index is 568. The van der Waals surface area contributed by atoms with Gasteiger partial charge in [0.15, 0.2) is 5.16 Å². The smallest absolute Gasteiger partial charge is 0.337 e. The number of aromatic amines is 1. The molecule has 7 heteroatoms. The number of amides is 1. The highest BCUT2D eigenvalue weighted by Crippen LogP contribution is 2.36. The second kappa shape index (κ2) is 5.87. The Kier molecular flexibility index (Phi) is 4.10. The third-order valence-electron chi connectivity index (χ3n) is 4.39. The maximum absolute atomic E-state index is 12.5. The van der Waals surface area contributed by atoms with Crippen LogP contribution in [0.4, 0.5) is 0 Å². The van der Waals surface area contributed by atoms with Gasteiger partial charge in [0, 0.05) is 18.1 Å². The lowest BCUT2D eigenvalue weighted by Crippen LogP contribution is -2.48. The van der Waals surface area contributed by atoms with Crippen molar-refractivity contribution in [2.75, 3.05) is 5.75 Å². The van der Waals surface area contributed by atoms with Crippen molar-refractivity contribution >= 4 is 17.7 Å². The van der Waals surface area contributed by atoms with Crippen LogP contribution in [0.25, 0.3) is 0 Å². The summed E-state index contributed by atoms with van der Waals surface area (Å²) in [6.45, 7) is 4.24. The third-order valence-corrected chi connectivity index (χ3v) is 5.33. The minimum Gasteiger partial charge on any atom is -0.337 e. The van der Waals surface area contributed by atoms with Crippen LogP contribution in [-0.2, 0) is 4.79 Å². The summed E-state index contributed by atoms with van der Waals surface area (Å²) in [6.07, 6.45) is 5.41. The van der Waals surface area contributed by atoms with Gasteiger partial charge in [0.05, 0.1) is 5.75 Å². The molecule has 1 saturated carbocycles. The van der Waals surface area contributed by atoms with Crippen molar-refractivity contribution in [2.45, 2.75) is 69.2 Å². The highest BCUT2D eigenvalue weighted by atomic mass is 32.2. The Balaban J connectivity index is 1.64. The number of aromatic nitrogens is 3. The fourth-order valence-corrected chi connectivity index (χ4v) is 4.04. The molecule has 0 aromatic carbocycles. The molecule has 3 rings (SSSR count). The summed E-state index contributed by atoms with van der Waals surface area (Å²) in [5, 5.41) is 7.19. The highest BCUT2D eigenvalue weighted by molar-refractivity contribution is 7.99. The standard InChI is InChI=1S/C14H22N4O2S/c1-9-4-3-5-10(2)17(9)12(19)8-21-14-16-15-13(20)18(14)11-6-7-11/h9-11H,3-8H2,1-2H3,(H,15,20)/t9-,10-/m1/s1. The van der Waals surface area contributed by atoms with Crippen LogP contribution in [0, 0.1) is 0 Å². The lowest BCUT2D eigenvalue weighted by atomic mass is 9.98. The molecule has 2 fully saturated rings. The summed E-state index contributed by atoms with van der Waals surface area (Å²) in [5.74, 6) is 0.503. The molecule has 1 saturated heterocycles. The minimum atomic E-state index is -0.160. The van der Waals surface area contributed by atoms with E-state index in [9.17, 15) is 9.59 Å². The van der Waals surface area contributed by atoms with Crippen molar-refractivity contribution < 1.29 is 4.79 Å². The lowest BCUT2D eigenvalue weighted by Gasteiger charge is -2.39. The molecular formula is C14H22N4O2S. The molecule has 2 aliphatic rings. The van der Waals surface area contributed by atoms with Crippen LogP contribution in [-0.4, -0.2) is 43.4 Å². The van der Waals surface area contributed by atoms with Crippen molar-refractivity contribution in [1.29, 1.82) is 0 Å². The second-order valence-corrected chi connectivity index (χ2v) is 7.07. The predicted octanol–water partition coefficient (Wildman–Crippen LogP) is 1.79. The molecule has 1 N–H and O–H groups in total. The lowest BCUT2D eigenvalue weighted by molar-refractivity contribution is -0.134. The van der Waals surface area contributed by atoms with Crippen LogP contribution in [0.3, 0.4) is 0 Å². The van der Waals surface area contributed by atoms with Gasteiger partial charge in [-0.3, -0.25) is 9.36 Å². The number of hydrogen-bond acceptors (Lipinski definition) is 4. The minimum absolute atomic E-state index is 0.150. The zero-order valence-corrected chi connectivity index (χ0v) is 13.4. The van der Waals surface area contributed by atoms with E-state index in [2.05, 4.69) is 24.0 Å². The number of thioether (sulfide) groups is 1. The Morgan fingerprint density at radius 3 is 2.57 bits per heavy atom. The summed E-state index contributed by atoms with van der Waals surface area (Å²) in [5.41, 5.74) is -0.160. The Morgan fingerprint density at radius 1 is 1.29 bits per heavy atom. The zero-order chi connectivity index (χ0) is 15.0. The number of carbonyl (C=O) groups excluding carboxylic acids is 1. The molecule has 1 aromatic heterocycles. The summed E-state index contributed by atoms with van der Waals surface area (Å²) < 4.78 is 1.70. The molecule has 116 valence electrons. The van der Waals surface area contributed by atoms with E-state index >= 15 is 0 Å². The predicted molar refractivity (Wildman–Crippen MR) is 81.5 cm³/mol. The van der Waals surface area contributed by atoms with Gasteiger partial charge in [-0.15, -0.1) is 5.10 Å². The molecule has 1 aliphatic heterocycles. The topological polar surface area (TPSA) is 71.0 Å². The number of nitrogens with one attached hydrogen (secondary N) is 1. The maximum Gasteiger partial charge on any atom is 0.344 e. The zero-order valence-electron chi connectivity index (χ0n) is 12.5. The molecule has 0 bridgehead atoms. The monoisotopic (exact) mass is 310 g/mol. The van der Waals surface area contributed by atoms with E-state index in [1.165, 1.54) is 18.2 Å². The number of nitrogens with zero attached hydrogens (tertiary/aromatic N) is 3. The molecule has 0 spiro atoms. The molecule has 2 heterocycles. The van der Waals surface area contributed by atoms with Gasteiger partial charge in [-0.25, -0.2) is 9.89 Å². The van der Waals surface area contributed by atoms with Crippen LogP contribution in [0.1, 0.15) is 52.0 Å². The van der Waals surface area contributed by atoms with Gasteiger partial charge in [-0.05, 0) is 46.0 Å². The van der Waals surface area contributed by atoms with Gasteiger partial charge in [0.1, 0.15) is 0 Å². The maximum atomic E-state index is 12.5. The first-order valence-electron chi connectivity index (χ1n) is 7.68. The van der Waals surface area contributed by atoms with Crippen LogP contribution < -0.4 is 5.69 Å². The van der Waals surface area contributed by atoms with Crippen molar-refractivity contribution in [3.05, 3.63) is 10.5 Å². The van der Waals surface area contributed by atoms with E-state index in [1.54, 1.807) is 4.57 Å². The van der Waals surface area contributed by atoms with E-state index < -0.39 is 0 Å². The van der Waals surface area contributed by atoms with E-state index in [0.29, 0.717) is 23.0 Å². The van der Waals surface area contributed by atoms with Crippen LogP contribution in [0.15, 0.2) is 9.95 Å².